The molecule has 2 heteroatoms. The van der Waals surface area contributed by atoms with E-state index in [0.29, 0.717) is 6.54 Å². The van der Waals surface area contributed by atoms with Crippen LogP contribution in [0.3, 0.4) is 0 Å². The van der Waals surface area contributed by atoms with Gasteiger partial charge in [0.05, 0.1) is 6.61 Å². The Bertz CT molecular complexity index is 548. The quantitative estimate of drug-likeness (QED) is 0.853. The highest BCUT2D eigenvalue weighted by Crippen LogP contribution is 2.30. The first-order valence-corrected chi connectivity index (χ1v) is 5.92. The summed E-state index contributed by atoms with van der Waals surface area (Å²) in [5.74, 6) is 1.03. The molecule has 1 aliphatic rings. The molecule has 0 aromatic heterocycles. The highest BCUT2D eigenvalue weighted by atomic mass is 16.5. The van der Waals surface area contributed by atoms with Crippen LogP contribution in [-0.2, 0) is 13.0 Å². The lowest BCUT2D eigenvalue weighted by Gasteiger charge is -2.06. The van der Waals surface area contributed by atoms with Crippen molar-refractivity contribution < 1.29 is 4.74 Å². The number of fused-ring (bicyclic) bond motifs is 1. The Kier molecular flexibility index (Phi) is 2.57. The molecule has 3 rings (SSSR count). The Hall–Kier alpha value is -1.80. The van der Waals surface area contributed by atoms with Crippen molar-refractivity contribution in [2.45, 2.75) is 13.0 Å². The first kappa shape index (κ1) is 10.4. The summed E-state index contributed by atoms with van der Waals surface area (Å²) in [5, 5.41) is 0. The summed E-state index contributed by atoms with van der Waals surface area (Å²) in [4.78, 5) is 0. The summed E-state index contributed by atoms with van der Waals surface area (Å²) in [6.45, 7) is 1.39. The molecule has 17 heavy (non-hydrogen) atoms. The average molecular weight is 225 g/mol. The maximum atomic E-state index is 5.67. The van der Waals surface area contributed by atoms with Gasteiger partial charge >= 0.3 is 0 Å². The zero-order chi connectivity index (χ0) is 11.7. The lowest BCUT2D eigenvalue weighted by Crippen LogP contribution is -1.95. The molecule has 0 amide bonds. The fourth-order valence-corrected chi connectivity index (χ4v) is 2.24. The van der Waals surface area contributed by atoms with Crippen LogP contribution >= 0.6 is 0 Å². The predicted octanol–water partition coefficient (Wildman–Crippen LogP) is 2.75. The minimum Gasteiger partial charge on any atom is -0.493 e. The van der Waals surface area contributed by atoms with Crippen LogP contribution < -0.4 is 10.5 Å². The van der Waals surface area contributed by atoms with E-state index in [0.717, 1.165) is 18.8 Å². The first-order valence-electron chi connectivity index (χ1n) is 5.92. The van der Waals surface area contributed by atoms with Gasteiger partial charge < -0.3 is 10.5 Å². The van der Waals surface area contributed by atoms with Gasteiger partial charge in [-0.05, 0) is 40.5 Å². The van der Waals surface area contributed by atoms with E-state index in [1.807, 2.05) is 0 Å². The van der Waals surface area contributed by atoms with Gasteiger partial charge in [-0.1, -0.05) is 24.3 Å². The van der Waals surface area contributed by atoms with Crippen molar-refractivity contribution in [2.75, 3.05) is 6.61 Å². The van der Waals surface area contributed by atoms with Gasteiger partial charge in [-0.3, -0.25) is 0 Å². The minimum atomic E-state index is 0.585. The highest BCUT2D eigenvalue weighted by Gasteiger charge is 2.12. The normalized spacial score (nSPS) is 13.2. The Morgan fingerprint density at radius 2 is 1.94 bits per heavy atom. The predicted molar refractivity (Wildman–Crippen MR) is 69.0 cm³/mol. The number of hydrogen-bond acceptors (Lipinski definition) is 2. The SMILES string of the molecule is NCc1cccc(-c2ccc3c(c2)CCO3)c1. The Labute approximate surface area is 101 Å². The van der Waals surface area contributed by atoms with Crippen LogP contribution in [-0.4, -0.2) is 6.61 Å². The van der Waals surface area contributed by atoms with Crippen LogP contribution in [0.4, 0.5) is 0 Å². The summed E-state index contributed by atoms with van der Waals surface area (Å²) in [6.07, 6.45) is 1.01. The topological polar surface area (TPSA) is 35.2 Å². The van der Waals surface area contributed by atoms with Gasteiger partial charge in [-0.25, -0.2) is 0 Å². The van der Waals surface area contributed by atoms with E-state index in [-0.39, 0.29) is 0 Å². The number of hydrogen-bond donors (Lipinski definition) is 1. The zero-order valence-electron chi connectivity index (χ0n) is 9.65. The molecule has 0 spiro atoms. The molecule has 86 valence electrons. The molecule has 2 N–H and O–H groups in total. The molecule has 1 aliphatic heterocycles. The van der Waals surface area contributed by atoms with Crippen molar-refractivity contribution in [2.24, 2.45) is 5.73 Å². The number of nitrogens with two attached hydrogens (primary N) is 1. The van der Waals surface area contributed by atoms with Crippen molar-refractivity contribution in [1.29, 1.82) is 0 Å². The molecular formula is C15H15NO. The van der Waals surface area contributed by atoms with Gasteiger partial charge in [0.15, 0.2) is 0 Å². The highest BCUT2D eigenvalue weighted by molar-refractivity contribution is 5.66. The van der Waals surface area contributed by atoms with E-state index in [2.05, 4.69) is 42.5 Å². The monoisotopic (exact) mass is 225 g/mol. The molecule has 2 aromatic rings. The molecule has 0 fully saturated rings. The Balaban J connectivity index is 2.03. The first-order chi connectivity index (χ1) is 8.36. The van der Waals surface area contributed by atoms with Gasteiger partial charge in [0, 0.05) is 13.0 Å². The van der Waals surface area contributed by atoms with Crippen LogP contribution in [0.25, 0.3) is 11.1 Å². The van der Waals surface area contributed by atoms with E-state index >= 15 is 0 Å². The lowest BCUT2D eigenvalue weighted by molar-refractivity contribution is 0.357. The van der Waals surface area contributed by atoms with E-state index < -0.39 is 0 Å². The smallest absolute Gasteiger partial charge is 0.122 e. The van der Waals surface area contributed by atoms with Gasteiger partial charge in [0.25, 0.3) is 0 Å². The average Bonchev–Trinajstić information content (AvgIpc) is 2.86. The van der Waals surface area contributed by atoms with Crippen molar-refractivity contribution in [3.05, 3.63) is 53.6 Å². The second-order valence-corrected chi connectivity index (χ2v) is 4.33. The van der Waals surface area contributed by atoms with Crippen LogP contribution in [0.5, 0.6) is 5.75 Å². The van der Waals surface area contributed by atoms with Crippen LogP contribution in [0, 0.1) is 0 Å². The molecule has 0 saturated carbocycles. The molecule has 0 aliphatic carbocycles. The molecule has 0 unspecified atom stereocenters. The molecule has 2 nitrogen and oxygen atoms in total. The third-order valence-corrected chi connectivity index (χ3v) is 3.19. The largest absolute Gasteiger partial charge is 0.493 e. The van der Waals surface area contributed by atoms with E-state index in [4.69, 9.17) is 10.5 Å². The zero-order valence-corrected chi connectivity index (χ0v) is 9.65. The van der Waals surface area contributed by atoms with Crippen molar-refractivity contribution in [3.8, 4) is 16.9 Å². The van der Waals surface area contributed by atoms with Crippen molar-refractivity contribution in [1.82, 2.24) is 0 Å². The van der Waals surface area contributed by atoms with Gasteiger partial charge in [0.2, 0.25) is 0 Å². The maximum Gasteiger partial charge on any atom is 0.122 e. The second-order valence-electron chi connectivity index (χ2n) is 4.33. The van der Waals surface area contributed by atoms with Gasteiger partial charge in [0.1, 0.15) is 5.75 Å². The summed E-state index contributed by atoms with van der Waals surface area (Å²) in [5.41, 5.74) is 10.6. The number of rotatable bonds is 2. The molecule has 1 heterocycles. The third kappa shape index (κ3) is 1.92. The fourth-order valence-electron chi connectivity index (χ4n) is 2.24. The molecular weight excluding hydrogens is 210 g/mol. The summed E-state index contributed by atoms with van der Waals surface area (Å²) in [6, 6.07) is 14.8. The van der Waals surface area contributed by atoms with Gasteiger partial charge in [-0.2, -0.15) is 0 Å². The van der Waals surface area contributed by atoms with E-state index in [1.54, 1.807) is 0 Å². The van der Waals surface area contributed by atoms with Crippen molar-refractivity contribution >= 4 is 0 Å². The van der Waals surface area contributed by atoms with Gasteiger partial charge in [-0.15, -0.1) is 0 Å². The van der Waals surface area contributed by atoms with Crippen molar-refractivity contribution in [3.63, 3.8) is 0 Å². The molecule has 0 atom stereocenters. The number of ether oxygens (including phenoxy) is 1. The molecule has 0 radical (unpaired) electrons. The Morgan fingerprint density at radius 1 is 1.06 bits per heavy atom. The second kappa shape index (κ2) is 4.22. The summed E-state index contributed by atoms with van der Waals surface area (Å²) >= 11 is 0. The molecule has 0 bridgehead atoms. The Morgan fingerprint density at radius 3 is 2.82 bits per heavy atom. The van der Waals surface area contributed by atoms with E-state index in [1.165, 1.54) is 22.3 Å². The summed E-state index contributed by atoms with van der Waals surface area (Å²) in [7, 11) is 0. The van der Waals surface area contributed by atoms with E-state index in [9.17, 15) is 0 Å². The molecule has 2 aromatic carbocycles. The third-order valence-electron chi connectivity index (χ3n) is 3.19. The van der Waals surface area contributed by atoms with Crippen LogP contribution in [0.1, 0.15) is 11.1 Å². The standard InChI is InChI=1S/C15H15NO/c16-10-11-2-1-3-12(8-11)13-4-5-15-14(9-13)6-7-17-15/h1-5,8-9H,6-7,10,16H2. The maximum absolute atomic E-state index is 5.67. The summed E-state index contributed by atoms with van der Waals surface area (Å²) < 4.78 is 5.51. The minimum absolute atomic E-state index is 0.585. The lowest BCUT2D eigenvalue weighted by atomic mass is 10.0. The fraction of sp³-hybridized carbons (Fsp3) is 0.200. The number of benzene rings is 2. The molecule has 0 saturated heterocycles. The van der Waals surface area contributed by atoms with Crippen LogP contribution in [0.15, 0.2) is 42.5 Å². The van der Waals surface area contributed by atoms with Crippen LogP contribution in [0.2, 0.25) is 0 Å².